The summed E-state index contributed by atoms with van der Waals surface area (Å²) in [5.74, 6) is -0.454. The number of carbonyl (C=O) groups is 2. The Bertz CT molecular complexity index is 705. The number of nitrogens with two attached hydrogens (primary N) is 1. The van der Waals surface area contributed by atoms with Crippen LogP contribution in [-0.2, 0) is 0 Å². The summed E-state index contributed by atoms with van der Waals surface area (Å²) in [6.45, 7) is 17.2. The Morgan fingerprint density at radius 1 is 0.833 bits per heavy atom. The second kappa shape index (κ2) is 16.7. The van der Waals surface area contributed by atoms with E-state index in [2.05, 4.69) is 44.4 Å². The fraction of sp³-hybridized carbons (Fsp3) is 0.724. The lowest BCUT2D eigenvalue weighted by atomic mass is 9.94. The van der Waals surface area contributed by atoms with Gasteiger partial charge < -0.3 is 15.9 Å². The summed E-state index contributed by atoms with van der Waals surface area (Å²) in [7, 11) is 0. The quantitative estimate of drug-likeness (QED) is 0.293. The van der Waals surface area contributed by atoms with Crippen molar-refractivity contribution in [1.82, 2.24) is 9.80 Å². The Morgan fingerprint density at radius 2 is 1.19 bits per heavy atom. The van der Waals surface area contributed by atoms with E-state index in [1.54, 1.807) is 0 Å². The van der Waals surface area contributed by atoms with Gasteiger partial charge in [0.2, 0.25) is 0 Å². The van der Waals surface area contributed by atoms with Crippen molar-refractivity contribution in [2.75, 3.05) is 32.8 Å². The van der Waals surface area contributed by atoms with Crippen molar-refractivity contribution in [3.8, 4) is 0 Å². The molecular formula is C29H51N3O4. The SMILES string of the molecule is CCCCC(CC)CN1CN(CC(CC)CCCC)CC(C)(N)C1.O=C(O)c1ccc(C(=O)O)cc1. The Kier molecular flexibility index (Phi) is 14.9. The molecule has 1 fully saturated rings. The van der Waals surface area contributed by atoms with Gasteiger partial charge in [0.05, 0.1) is 17.8 Å². The molecule has 2 unspecified atom stereocenters. The van der Waals surface area contributed by atoms with E-state index in [4.69, 9.17) is 15.9 Å². The molecule has 0 bridgehead atoms. The van der Waals surface area contributed by atoms with E-state index >= 15 is 0 Å². The fourth-order valence-corrected chi connectivity index (χ4v) is 5.02. The van der Waals surface area contributed by atoms with Crippen LogP contribution in [0.25, 0.3) is 0 Å². The third kappa shape index (κ3) is 12.3. The first kappa shape index (κ1) is 32.1. The maximum absolute atomic E-state index is 10.3. The smallest absolute Gasteiger partial charge is 0.335 e. The summed E-state index contributed by atoms with van der Waals surface area (Å²) < 4.78 is 0. The van der Waals surface area contributed by atoms with E-state index in [-0.39, 0.29) is 16.7 Å². The molecule has 0 aromatic heterocycles. The Hall–Kier alpha value is -1.96. The first-order valence-electron chi connectivity index (χ1n) is 13.8. The number of hydrogen-bond acceptors (Lipinski definition) is 5. The highest BCUT2D eigenvalue weighted by Crippen LogP contribution is 2.22. The molecule has 0 aliphatic carbocycles. The Balaban J connectivity index is 0.000000450. The monoisotopic (exact) mass is 505 g/mol. The first-order valence-corrected chi connectivity index (χ1v) is 13.8. The summed E-state index contributed by atoms with van der Waals surface area (Å²) in [4.78, 5) is 25.9. The number of unbranched alkanes of at least 4 members (excludes halogenated alkanes) is 2. The van der Waals surface area contributed by atoms with Crippen LogP contribution in [0.3, 0.4) is 0 Å². The van der Waals surface area contributed by atoms with Crippen molar-refractivity contribution in [1.29, 1.82) is 0 Å². The van der Waals surface area contributed by atoms with Gasteiger partial charge in [0.15, 0.2) is 0 Å². The minimum absolute atomic E-state index is 0.0651. The molecule has 1 aromatic carbocycles. The highest BCUT2D eigenvalue weighted by Gasteiger charge is 2.33. The van der Waals surface area contributed by atoms with E-state index in [0.717, 1.165) is 31.6 Å². The number of benzene rings is 1. The zero-order valence-electron chi connectivity index (χ0n) is 23.3. The maximum Gasteiger partial charge on any atom is 0.335 e. The van der Waals surface area contributed by atoms with Crippen LogP contribution in [-0.4, -0.2) is 70.3 Å². The number of rotatable bonds is 14. The third-order valence-electron chi connectivity index (χ3n) is 7.07. The molecule has 0 amide bonds. The van der Waals surface area contributed by atoms with E-state index in [0.29, 0.717) is 0 Å². The van der Waals surface area contributed by atoms with Gasteiger partial charge in [-0.3, -0.25) is 9.80 Å². The molecule has 2 rings (SSSR count). The topological polar surface area (TPSA) is 107 Å². The molecule has 2 atom stereocenters. The van der Waals surface area contributed by atoms with E-state index in [9.17, 15) is 9.59 Å². The number of carboxylic acids is 2. The minimum Gasteiger partial charge on any atom is -0.478 e. The third-order valence-corrected chi connectivity index (χ3v) is 7.07. The Labute approximate surface area is 219 Å². The second-order valence-electron chi connectivity index (χ2n) is 10.8. The molecule has 0 saturated carbocycles. The van der Waals surface area contributed by atoms with E-state index in [1.807, 2.05) is 0 Å². The van der Waals surface area contributed by atoms with Crippen molar-refractivity contribution in [2.45, 2.75) is 91.5 Å². The van der Waals surface area contributed by atoms with Crippen LogP contribution in [0.5, 0.6) is 0 Å². The minimum atomic E-state index is -1.06. The first-order chi connectivity index (χ1) is 17.0. The largest absolute Gasteiger partial charge is 0.478 e. The lowest BCUT2D eigenvalue weighted by molar-refractivity contribution is 0.0182. The van der Waals surface area contributed by atoms with E-state index < -0.39 is 11.9 Å². The molecule has 206 valence electrons. The van der Waals surface area contributed by atoms with Crippen LogP contribution >= 0.6 is 0 Å². The van der Waals surface area contributed by atoms with Gasteiger partial charge in [-0.25, -0.2) is 9.59 Å². The summed E-state index contributed by atoms with van der Waals surface area (Å²) >= 11 is 0. The van der Waals surface area contributed by atoms with Crippen molar-refractivity contribution in [2.24, 2.45) is 17.6 Å². The molecule has 0 spiro atoms. The van der Waals surface area contributed by atoms with Crippen LogP contribution in [0.15, 0.2) is 24.3 Å². The molecule has 0 radical (unpaired) electrons. The normalized spacial score (nSPS) is 20.3. The molecule has 36 heavy (non-hydrogen) atoms. The van der Waals surface area contributed by atoms with Gasteiger partial charge in [0, 0.05) is 31.7 Å². The number of hydrogen-bond donors (Lipinski definition) is 3. The lowest BCUT2D eigenvalue weighted by Crippen LogP contribution is -2.63. The predicted molar refractivity (Wildman–Crippen MR) is 148 cm³/mol. The molecule has 7 nitrogen and oxygen atoms in total. The number of nitrogens with zero attached hydrogens (tertiary/aromatic N) is 2. The number of carboxylic acid groups (broad SMARTS) is 2. The molecule has 1 aromatic rings. The van der Waals surface area contributed by atoms with Gasteiger partial charge in [0.25, 0.3) is 0 Å². The molecule has 4 N–H and O–H groups in total. The van der Waals surface area contributed by atoms with Crippen molar-refractivity contribution in [3.63, 3.8) is 0 Å². The van der Waals surface area contributed by atoms with Gasteiger partial charge >= 0.3 is 11.9 Å². The summed E-state index contributed by atoms with van der Waals surface area (Å²) in [6, 6.07) is 5.02. The molecular weight excluding hydrogens is 454 g/mol. The molecule has 1 aliphatic heterocycles. The summed E-state index contributed by atoms with van der Waals surface area (Å²) in [6.07, 6.45) is 10.7. The molecule has 7 heteroatoms. The van der Waals surface area contributed by atoms with Crippen molar-refractivity contribution in [3.05, 3.63) is 35.4 Å². The van der Waals surface area contributed by atoms with Crippen LogP contribution in [0.4, 0.5) is 0 Å². The van der Waals surface area contributed by atoms with Gasteiger partial charge in [-0.2, -0.15) is 0 Å². The second-order valence-corrected chi connectivity index (χ2v) is 10.8. The average molecular weight is 506 g/mol. The zero-order valence-corrected chi connectivity index (χ0v) is 23.3. The molecule has 1 saturated heterocycles. The van der Waals surface area contributed by atoms with Gasteiger partial charge in [-0.15, -0.1) is 0 Å². The zero-order chi connectivity index (χ0) is 27.1. The van der Waals surface area contributed by atoms with Crippen LogP contribution in [0, 0.1) is 11.8 Å². The van der Waals surface area contributed by atoms with Gasteiger partial charge in [-0.1, -0.05) is 66.2 Å². The van der Waals surface area contributed by atoms with E-state index in [1.165, 1.54) is 88.7 Å². The van der Waals surface area contributed by atoms with Crippen LogP contribution in [0.2, 0.25) is 0 Å². The van der Waals surface area contributed by atoms with Gasteiger partial charge in [-0.05, 0) is 55.9 Å². The highest BCUT2D eigenvalue weighted by molar-refractivity contribution is 5.91. The summed E-state index contributed by atoms with van der Waals surface area (Å²) in [5, 5.41) is 16.9. The predicted octanol–water partition coefficient (Wildman–Crippen LogP) is 5.79. The van der Waals surface area contributed by atoms with Crippen molar-refractivity contribution >= 4 is 11.9 Å². The lowest BCUT2D eigenvalue weighted by Gasteiger charge is -2.46. The average Bonchev–Trinajstić information content (AvgIpc) is 2.83. The van der Waals surface area contributed by atoms with Crippen LogP contribution in [0.1, 0.15) is 107 Å². The summed E-state index contributed by atoms with van der Waals surface area (Å²) in [5.41, 5.74) is 6.71. The van der Waals surface area contributed by atoms with Gasteiger partial charge in [0.1, 0.15) is 0 Å². The molecule has 1 aliphatic rings. The van der Waals surface area contributed by atoms with Crippen molar-refractivity contribution < 1.29 is 19.8 Å². The Morgan fingerprint density at radius 3 is 1.47 bits per heavy atom. The van der Waals surface area contributed by atoms with Crippen LogP contribution < -0.4 is 5.73 Å². The standard InChI is InChI=1S/C21H45N3.C8H6O4/c1-6-10-12-19(8-3)14-23-16-21(5,22)17-24(18-23)15-20(9-4)13-11-7-2;9-7(10)5-1-2-6(4-3-5)8(11)12/h19-20H,6-18,22H2,1-5H3;1-4H,(H,9,10)(H,11,12). The maximum atomic E-state index is 10.3. The fourth-order valence-electron chi connectivity index (χ4n) is 5.02. The highest BCUT2D eigenvalue weighted by atomic mass is 16.4. The molecule has 1 heterocycles. The number of aromatic carboxylic acids is 2.